The van der Waals surface area contributed by atoms with Crippen LogP contribution < -0.4 is 9.47 Å². The highest BCUT2D eigenvalue weighted by atomic mass is 79.9. The van der Waals surface area contributed by atoms with E-state index in [9.17, 15) is 4.79 Å². The van der Waals surface area contributed by atoms with Crippen molar-refractivity contribution in [3.8, 4) is 11.5 Å². The summed E-state index contributed by atoms with van der Waals surface area (Å²) >= 11 is 7.23. The third-order valence-electron chi connectivity index (χ3n) is 3.98. The molecule has 128 valence electrons. The Morgan fingerprint density at radius 2 is 1.42 bits per heavy atom. The van der Waals surface area contributed by atoms with Crippen molar-refractivity contribution in [2.24, 2.45) is 0 Å². The first-order chi connectivity index (χ1) is 11.5. The van der Waals surface area contributed by atoms with Crippen LogP contribution in [-0.2, 0) is 4.79 Å². The van der Waals surface area contributed by atoms with Gasteiger partial charge in [-0.2, -0.15) is 0 Å². The fourth-order valence-corrected chi connectivity index (χ4v) is 3.64. The molecule has 0 spiro atoms. The number of rotatable bonds is 7. The number of ether oxygens (including phenoxy) is 2. The lowest BCUT2D eigenvalue weighted by atomic mass is 9.86. The van der Waals surface area contributed by atoms with Gasteiger partial charge in [-0.15, -0.1) is 0 Å². The van der Waals surface area contributed by atoms with Gasteiger partial charge in [-0.3, -0.25) is 4.79 Å². The summed E-state index contributed by atoms with van der Waals surface area (Å²) in [7, 11) is 3.28. The molecule has 24 heavy (non-hydrogen) atoms. The zero-order valence-electron chi connectivity index (χ0n) is 13.9. The van der Waals surface area contributed by atoms with Gasteiger partial charge in [-0.1, -0.05) is 38.8 Å². The molecular weight excluding hydrogens is 436 g/mol. The molecule has 0 saturated heterocycles. The molecule has 2 aromatic rings. The van der Waals surface area contributed by atoms with E-state index >= 15 is 0 Å². The molecule has 5 heteroatoms. The topological polar surface area (TPSA) is 35.5 Å². The SMILES string of the molecule is CCC(=O)CC(c1cc(OC)ccc1Br)c1cc(OC)ccc1Br. The molecule has 0 aliphatic heterocycles. The maximum Gasteiger partial charge on any atom is 0.133 e. The summed E-state index contributed by atoms with van der Waals surface area (Å²) in [6.45, 7) is 1.89. The maximum atomic E-state index is 12.2. The number of benzene rings is 2. The van der Waals surface area contributed by atoms with Crippen LogP contribution in [0.15, 0.2) is 45.3 Å². The van der Waals surface area contributed by atoms with Crippen molar-refractivity contribution < 1.29 is 14.3 Å². The first kappa shape index (κ1) is 19.0. The fraction of sp³-hybridized carbons (Fsp3) is 0.316. The zero-order chi connectivity index (χ0) is 17.7. The van der Waals surface area contributed by atoms with Crippen LogP contribution in [0, 0.1) is 0 Å². The molecule has 0 atom stereocenters. The van der Waals surface area contributed by atoms with Crippen LogP contribution in [0.2, 0.25) is 0 Å². The van der Waals surface area contributed by atoms with Crippen LogP contribution in [-0.4, -0.2) is 20.0 Å². The molecule has 0 bridgehead atoms. The van der Waals surface area contributed by atoms with E-state index in [1.807, 2.05) is 43.3 Å². The molecule has 0 aromatic heterocycles. The second kappa shape index (κ2) is 8.67. The van der Waals surface area contributed by atoms with E-state index in [0.717, 1.165) is 31.6 Å². The quantitative estimate of drug-likeness (QED) is 0.534. The Morgan fingerprint density at radius 3 is 1.79 bits per heavy atom. The van der Waals surface area contributed by atoms with Crippen molar-refractivity contribution in [2.45, 2.75) is 25.7 Å². The molecule has 3 nitrogen and oxygen atoms in total. The van der Waals surface area contributed by atoms with Crippen LogP contribution in [0.25, 0.3) is 0 Å². The van der Waals surface area contributed by atoms with Crippen LogP contribution in [0.5, 0.6) is 11.5 Å². The Balaban J connectivity index is 2.59. The van der Waals surface area contributed by atoms with E-state index in [-0.39, 0.29) is 11.7 Å². The number of carbonyl (C=O) groups excluding carboxylic acids is 1. The van der Waals surface area contributed by atoms with Gasteiger partial charge in [0.1, 0.15) is 17.3 Å². The molecule has 0 aliphatic carbocycles. The van der Waals surface area contributed by atoms with Gasteiger partial charge in [0, 0.05) is 27.7 Å². The molecule has 2 aromatic carbocycles. The van der Waals surface area contributed by atoms with Crippen LogP contribution >= 0.6 is 31.9 Å². The maximum absolute atomic E-state index is 12.2. The predicted molar refractivity (Wildman–Crippen MR) is 103 cm³/mol. The Labute approximate surface area is 159 Å². The van der Waals surface area contributed by atoms with Gasteiger partial charge in [0.05, 0.1) is 14.2 Å². The normalized spacial score (nSPS) is 10.8. The summed E-state index contributed by atoms with van der Waals surface area (Å²) in [5.41, 5.74) is 2.04. The summed E-state index contributed by atoms with van der Waals surface area (Å²) in [4.78, 5) is 12.2. The van der Waals surface area contributed by atoms with E-state index in [0.29, 0.717) is 12.8 Å². The lowest BCUT2D eigenvalue weighted by molar-refractivity contribution is -0.118. The average Bonchev–Trinajstić information content (AvgIpc) is 2.60. The van der Waals surface area contributed by atoms with Gasteiger partial charge in [0.25, 0.3) is 0 Å². The van der Waals surface area contributed by atoms with E-state index < -0.39 is 0 Å². The van der Waals surface area contributed by atoms with Crippen molar-refractivity contribution in [1.29, 1.82) is 0 Å². The molecule has 0 aliphatic rings. The van der Waals surface area contributed by atoms with Gasteiger partial charge in [0.15, 0.2) is 0 Å². The van der Waals surface area contributed by atoms with Gasteiger partial charge >= 0.3 is 0 Å². The molecule has 0 unspecified atom stereocenters. The summed E-state index contributed by atoms with van der Waals surface area (Å²) in [5, 5.41) is 0. The van der Waals surface area contributed by atoms with Crippen LogP contribution in [0.4, 0.5) is 0 Å². The number of Topliss-reactive ketones (excluding diaryl/α,β-unsaturated/α-hetero) is 1. The van der Waals surface area contributed by atoms with Gasteiger partial charge in [-0.25, -0.2) is 0 Å². The first-order valence-electron chi connectivity index (χ1n) is 7.68. The number of methoxy groups -OCH3 is 2. The minimum absolute atomic E-state index is 0.0913. The molecule has 0 heterocycles. The highest BCUT2D eigenvalue weighted by Gasteiger charge is 2.23. The highest BCUT2D eigenvalue weighted by Crippen LogP contribution is 2.40. The highest BCUT2D eigenvalue weighted by molar-refractivity contribution is 9.10. The van der Waals surface area contributed by atoms with Crippen molar-refractivity contribution in [2.75, 3.05) is 14.2 Å². The number of hydrogen-bond donors (Lipinski definition) is 0. The lowest BCUT2D eigenvalue weighted by Gasteiger charge is -2.21. The largest absolute Gasteiger partial charge is 0.497 e. The molecule has 2 rings (SSSR count). The Hall–Kier alpha value is -1.33. The van der Waals surface area contributed by atoms with Crippen molar-refractivity contribution >= 4 is 37.6 Å². The Morgan fingerprint density at radius 1 is 0.958 bits per heavy atom. The molecule has 0 N–H and O–H groups in total. The van der Waals surface area contributed by atoms with Gasteiger partial charge < -0.3 is 9.47 Å². The Kier molecular flexibility index (Phi) is 6.87. The summed E-state index contributed by atoms with van der Waals surface area (Å²) in [6, 6.07) is 11.6. The lowest BCUT2D eigenvalue weighted by Crippen LogP contribution is -2.10. The molecule has 0 fully saturated rings. The summed E-state index contributed by atoms with van der Waals surface area (Å²) < 4.78 is 12.6. The number of hydrogen-bond acceptors (Lipinski definition) is 3. The average molecular weight is 456 g/mol. The number of ketones is 1. The van der Waals surface area contributed by atoms with E-state index in [2.05, 4.69) is 31.9 Å². The zero-order valence-corrected chi connectivity index (χ0v) is 17.1. The number of halogens is 2. The molecular formula is C19H20Br2O3. The Bertz CT molecular complexity index is 675. The smallest absolute Gasteiger partial charge is 0.133 e. The van der Waals surface area contributed by atoms with Gasteiger partial charge in [-0.05, 0) is 47.5 Å². The van der Waals surface area contributed by atoms with Crippen LogP contribution in [0.1, 0.15) is 36.8 Å². The van der Waals surface area contributed by atoms with Crippen molar-refractivity contribution in [3.63, 3.8) is 0 Å². The molecule has 0 saturated carbocycles. The van der Waals surface area contributed by atoms with E-state index in [1.54, 1.807) is 14.2 Å². The standard InChI is InChI=1S/C19H20Br2O3/c1-4-12(22)9-15(16-10-13(23-2)5-7-18(16)20)17-11-14(24-3)6-8-19(17)21/h5-8,10-11,15H,4,9H2,1-3H3. The number of carbonyl (C=O) groups is 1. The minimum Gasteiger partial charge on any atom is -0.497 e. The monoisotopic (exact) mass is 454 g/mol. The summed E-state index contributed by atoms with van der Waals surface area (Å²) in [5.74, 6) is 1.65. The van der Waals surface area contributed by atoms with E-state index in [1.165, 1.54) is 0 Å². The molecule has 0 radical (unpaired) electrons. The second-order valence-electron chi connectivity index (χ2n) is 5.42. The van der Waals surface area contributed by atoms with Crippen molar-refractivity contribution in [1.82, 2.24) is 0 Å². The third-order valence-corrected chi connectivity index (χ3v) is 5.43. The summed E-state index contributed by atoms with van der Waals surface area (Å²) in [6.07, 6.45) is 0.938. The van der Waals surface area contributed by atoms with Crippen molar-refractivity contribution in [3.05, 3.63) is 56.5 Å². The third kappa shape index (κ3) is 4.39. The van der Waals surface area contributed by atoms with Gasteiger partial charge in [0.2, 0.25) is 0 Å². The predicted octanol–water partition coefficient (Wildman–Crippen LogP) is 5.73. The minimum atomic E-state index is -0.0913. The molecule has 0 amide bonds. The first-order valence-corrected chi connectivity index (χ1v) is 9.27. The fourth-order valence-electron chi connectivity index (χ4n) is 2.59. The van der Waals surface area contributed by atoms with E-state index in [4.69, 9.17) is 9.47 Å². The van der Waals surface area contributed by atoms with Crippen LogP contribution in [0.3, 0.4) is 0 Å². The second-order valence-corrected chi connectivity index (χ2v) is 7.13.